The molecule has 0 aromatic carbocycles. The predicted molar refractivity (Wildman–Crippen MR) is 78.5 cm³/mol. The van der Waals surface area contributed by atoms with Crippen LogP contribution in [0.25, 0.3) is 10.2 Å². The van der Waals surface area contributed by atoms with Gasteiger partial charge in [-0.2, -0.15) is 0 Å². The van der Waals surface area contributed by atoms with Gasteiger partial charge in [0, 0.05) is 6.54 Å². The standard InChI is InChI=1S/C14H17NO4S/c1-4-19-14(18)10-11(16)9-5-6-20-13(9)15(12(10)17)7-8(2)3/h5-6,8,16H,4,7H2,1-3H3. The fourth-order valence-corrected chi connectivity index (χ4v) is 2.98. The fourth-order valence-electron chi connectivity index (χ4n) is 2.07. The zero-order valence-corrected chi connectivity index (χ0v) is 12.5. The van der Waals surface area contributed by atoms with Gasteiger partial charge < -0.3 is 9.84 Å². The summed E-state index contributed by atoms with van der Waals surface area (Å²) < 4.78 is 6.40. The Morgan fingerprint density at radius 2 is 2.20 bits per heavy atom. The molecule has 1 N–H and O–H groups in total. The van der Waals surface area contributed by atoms with Crippen LogP contribution < -0.4 is 5.56 Å². The van der Waals surface area contributed by atoms with Crippen molar-refractivity contribution in [3.63, 3.8) is 0 Å². The highest BCUT2D eigenvalue weighted by Crippen LogP contribution is 2.30. The van der Waals surface area contributed by atoms with Crippen molar-refractivity contribution in [1.82, 2.24) is 4.57 Å². The number of pyridine rings is 1. The molecule has 2 aromatic rings. The highest BCUT2D eigenvalue weighted by atomic mass is 32.1. The van der Waals surface area contributed by atoms with Crippen LogP contribution in [0.1, 0.15) is 31.1 Å². The largest absolute Gasteiger partial charge is 0.506 e. The molecule has 108 valence electrons. The van der Waals surface area contributed by atoms with E-state index in [9.17, 15) is 14.7 Å². The van der Waals surface area contributed by atoms with Crippen molar-refractivity contribution < 1.29 is 14.6 Å². The maximum absolute atomic E-state index is 12.5. The van der Waals surface area contributed by atoms with Crippen molar-refractivity contribution in [3.8, 4) is 5.75 Å². The van der Waals surface area contributed by atoms with Gasteiger partial charge in [-0.3, -0.25) is 9.36 Å². The molecule has 6 heteroatoms. The summed E-state index contributed by atoms with van der Waals surface area (Å²) in [5.74, 6) is -0.817. The molecule has 0 spiro atoms. The van der Waals surface area contributed by atoms with Crippen molar-refractivity contribution >= 4 is 27.5 Å². The van der Waals surface area contributed by atoms with Gasteiger partial charge in [0.25, 0.3) is 5.56 Å². The Kier molecular flexibility index (Phi) is 4.13. The van der Waals surface area contributed by atoms with Crippen LogP contribution in [-0.4, -0.2) is 22.2 Å². The zero-order valence-electron chi connectivity index (χ0n) is 11.7. The van der Waals surface area contributed by atoms with Gasteiger partial charge in [0.2, 0.25) is 0 Å². The summed E-state index contributed by atoms with van der Waals surface area (Å²) in [4.78, 5) is 25.0. The summed E-state index contributed by atoms with van der Waals surface area (Å²) in [6, 6.07) is 1.70. The van der Waals surface area contributed by atoms with E-state index < -0.39 is 11.5 Å². The molecule has 0 bridgehead atoms. The number of ether oxygens (including phenoxy) is 1. The molecular formula is C14H17NO4S. The van der Waals surface area contributed by atoms with Gasteiger partial charge in [-0.25, -0.2) is 4.79 Å². The highest BCUT2D eigenvalue weighted by Gasteiger charge is 2.24. The first-order valence-electron chi connectivity index (χ1n) is 6.47. The molecule has 20 heavy (non-hydrogen) atoms. The third-order valence-electron chi connectivity index (χ3n) is 2.87. The van der Waals surface area contributed by atoms with E-state index in [0.717, 1.165) is 0 Å². The zero-order chi connectivity index (χ0) is 14.9. The fraction of sp³-hybridized carbons (Fsp3) is 0.429. The second kappa shape index (κ2) is 5.66. The van der Waals surface area contributed by atoms with Gasteiger partial charge in [0.05, 0.1) is 12.0 Å². The number of thiophene rings is 1. The first kappa shape index (κ1) is 14.6. The molecule has 0 atom stereocenters. The van der Waals surface area contributed by atoms with Crippen molar-refractivity contribution in [2.45, 2.75) is 27.3 Å². The summed E-state index contributed by atoms with van der Waals surface area (Å²) >= 11 is 1.37. The number of hydrogen-bond acceptors (Lipinski definition) is 5. The second-order valence-electron chi connectivity index (χ2n) is 4.89. The molecule has 0 radical (unpaired) electrons. The molecule has 0 aliphatic carbocycles. The van der Waals surface area contributed by atoms with Gasteiger partial charge in [-0.1, -0.05) is 13.8 Å². The van der Waals surface area contributed by atoms with Crippen molar-refractivity contribution in [3.05, 3.63) is 27.4 Å². The minimum absolute atomic E-state index is 0.156. The van der Waals surface area contributed by atoms with Crippen LogP contribution in [0.4, 0.5) is 0 Å². The summed E-state index contributed by atoms with van der Waals surface area (Å²) in [6.45, 7) is 6.28. The maximum Gasteiger partial charge on any atom is 0.347 e. The number of aromatic nitrogens is 1. The lowest BCUT2D eigenvalue weighted by Crippen LogP contribution is -2.28. The second-order valence-corrected chi connectivity index (χ2v) is 5.79. The molecule has 0 saturated heterocycles. The third kappa shape index (κ3) is 2.43. The van der Waals surface area contributed by atoms with E-state index in [1.165, 1.54) is 15.9 Å². The molecule has 0 fully saturated rings. The summed E-state index contributed by atoms with van der Waals surface area (Å²) in [5.41, 5.74) is -0.775. The van der Waals surface area contributed by atoms with Gasteiger partial charge in [-0.15, -0.1) is 11.3 Å². The average molecular weight is 295 g/mol. The first-order chi connectivity index (χ1) is 9.47. The van der Waals surface area contributed by atoms with Crippen LogP contribution in [0, 0.1) is 5.92 Å². The maximum atomic E-state index is 12.5. The van der Waals surface area contributed by atoms with Crippen LogP contribution in [0.2, 0.25) is 0 Å². The van der Waals surface area contributed by atoms with Gasteiger partial charge in [-0.05, 0) is 24.3 Å². The molecule has 5 nitrogen and oxygen atoms in total. The topological polar surface area (TPSA) is 68.5 Å². The quantitative estimate of drug-likeness (QED) is 0.880. The number of fused-ring (bicyclic) bond motifs is 1. The lowest BCUT2D eigenvalue weighted by atomic mass is 10.1. The van der Waals surface area contributed by atoms with Crippen LogP contribution in [0.15, 0.2) is 16.2 Å². The Balaban J connectivity index is 2.75. The molecule has 0 aliphatic heterocycles. The van der Waals surface area contributed by atoms with Crippen molar-refractivity contribution in [2.24, 2.45) is 5.92 Å². The minimum atomic E-state index is -0.777. The van der Waals surface area contributed by atoms with Gasteiger partial charge in [0.15, 0.2) is 5.56 Å². The van der Waals surface area contributed by atoms with E-state index in [2.05, 4.69) is 0 Å². The molecule has 0 amide bonds. The van der Waals surface area contributed by atoms with E-state index in [1.54, 1.807) is 18.4 Å². The number of nitrogens with zero attached hydrogens (tertiary/aromatic N) is 1. The summed E-state index contributed by atoms with van der Waals surface area (Å²) in [6.07, 6.45) is 0. The molecule has 0 unspecified atom stereocenters. The first-order valence-corrected chi connectivity index (χ1v) is 7.35. The number of esters is 1. The van der Waals surface area contributed by atoms with Gasteiger partial charge in [0.1, 0.15) is 10.6 Å². The Bertz CT molecular complexity index is 699. The Morgan fingerprint density at radius 3 is 2.80 bits per heavy atom. The Morgan fingerprint density at radius 1 is 1.50 bits per heavy atom. The Hall–Kier alpha value is -1.82. The molecular weight excluding hydrogens is 278 g/mol. The van der Waals surface area contributed by atoms with Crippen molar-refractivity contribution in [1.29, 1.82) is 0 Å². The molecule has 2 heterocycles. The van der Waals surface area contributed by atoms with E-state index in [4.69, 9.17) is 4.74 Å². The average Bonchev–Trinajstić information content (AvgIpc) is 2.84. The van der Waals surface area contributed by atoms with E-state index in [1.807, 2.05) is 13.8 Å². The Labute approximate surface area is 120 Å². The van der Waals surface area contributed by atoms with Crippen molar-refractivity contribution in [2.75, 3.05) is 6.61 Å². The molecule has 2 aromatic heterocycles. The lowest BCUT2D eigenvalue weighted by molar-refractivity contribution is 0.0520. The lowest BCUT2D eigenvalue weighted by Gasteiger charge is -2.13. The number of hydrogen-bond donors (Lipinski definition) is 1. The van der Waals surface area contributed by atoms with Crippen LogP contribution >= 0.6 is 11.3 Å². The third-order valence-corrected chi connectivity index (χ3v) is 3.80. The molecule has 0 saturated carbocycles. The normalized spacial score (nSPS) is 11.2. The number of carbonyl (C=O) groups excluding carboxylic acids is 1. The smallest absolute Gasteiger partial charge is 0.347 e. The molecule has 0 aliphatic rings. The van der Waals surface area contributed by atoms with E-state index >= 15 is 0 Å². The molecule has 2 rings (SSSR count). The van der Waals surface area contributed by atoms with Crippen LogP contribution in [0.3, 0.4) is 0 Å². The van der Waals surface area contributed by atoms with E-state index in [0.29, 0.717) is 16.8 Å². The monoisotopic (exact) mass is 295 g/mol. The summed E-state index contributed by atoms with van der Waals surface area (Å²) in [5, 5.41) is 12.5. The van der Waals surface area contributed by atoms with Crippen LogP contribution in [0.5, 0.6) is 5.75 Å². The number of aromatic hydroxyl groups is 1. The summed E-state index contributed by atoms with van der Waals surface area (Å²) in [7, 11) is 0. The number of rotatable bonds is 4. The van der Waals surface area contributed by atoms with Crippen LogP contribution in [-0.2, 0) is 11.3 Å². The number of carbonyl (C=O) groups is 1. The van der Waals surface area contributed by atoms with E-state index in [-0.39, 0.29) is 23.8 Å². The minimum Gasteiger partial charge on any atom is -0.506 e. The van der Waals surface area contributed by atoms with Gasteiger partial charge >= 0.3 is 5.97 Å². The SMILES string of the molecule is CCOC(=O)c1c(O)c2ccsc2n(CC(C)C)c1=O. The highest BCUT2D eigenvalue weighted by molar-refractivity contribution is 7.16. The predicted octanol–water partition coefficient (Wildman–Crippen LogP) is 2.60.